The van der Waals surface area contributed by atoms with E-state index in [0.717, 1.165) is 5.56 Å². The second-order valence-electron chi connectivity index (χ2n) is 5.12. The highest BCUT2D eigenvalue weighted by Gasteiger charge is 2.20. The molecule has 0 radical (unpaired) electrons. The number of halogens is 2. The van der Waals surface area contributed by atoms with Gasteiger partial charge in [0.15, 0.2) is 11.5 Å². The van der Waals surface area contributed by atoms with Gasteiger partial charge >= 0.3 is 0 Å². The minimum Gasteiger partial charge on any atom is -0.382 e. The van der Waals surface area contributed by atoms with Crippen LogP contribution in [0.25, 0.3) is 28.7 Å². The van der Waals surface area contributed by atoms with Crippen molar-refractivity contribution < 1.29 is 4.52 Å². The molecule has 0 bridgehead atoms. The maximum atomic E-state index is 6.18. The molecule has 0 aliphatic carbocycles. The fraction of sp³-hybridized carbons (Fsp3) is 0. The molecule has 0 atom stereocenters. The Hall–Kier alpha value is -2.90. The molecule has 2 aromatic carbocycles. The minimum atomic E-state index is 0.167. The van der Waals surface area contributed by atoms with Gasteiger partial charge < -0.3 is 10.3 Å². The van der Waals surface area contributed by atoms with Gasteiger partial charge in [-0.1, -0.05) is 45.7 Å². The minimum absolute atomic E-state index is 0.167. The van der Waals surface area contributed by atoms with Crippen LogP contribution in [0.15, 0.2) is 53.1 Å². The van der Waals surface area contributed by atoms with E-state index in [4.69, 9.17) is 33.5 Å². The molecular weight excluding hydrogens is 363 g/mol. The van der Waals surface area contributed by atoms with Crippen LogP contribution in [0.5, 0.6) is 0 Å². The van der Waals surface area contributed by atoms with Crippen LogP contribution in [-0.4, -0.2) is 25.1 Å². The van der Waals surface area contributed by atoms with Crippen molar-refractivity contribution in [1.82, 2.24) is 25.1 Å². The number of nitrogens with two attached hydrogens (primary N) is 1. The van der Waals surface area contributed by atoms with E-state index in [9.17, 15) is 0 Å². The molecule has 0 saturated heterocycles. The van der Waals surface area contributed by atoms with Gasteiger partial charge in [0.2, 0.25) is 5.82 Å². The predicted octanol–water partition coefficient (Wildman–Crippen LogP) is 3.87. The maximum Gasteiger partial charge on any atom is 0.282 e. The average molecular weight is 373 g/mol. The summed E-state index contributed by atoms with van der Waals surface area (Å²) in [7, 11) is 0. The number of hydrogen-bond acceptors (Lipinski definition) is 6. The number of nitrogen functional groups attached to an aromatic ring is 1. The first-order chi connectivity index (χ1) is 12.1. The number of rotatable bonds is 3. The van der Waals surface area contributed by atoms with Crippen molar-refractivity contribution >= 4 is 29.0 Å². The Morgan fingerprint density at radius 2 is 1.76 bits per heavy atom. The third-order valence-corrected chi connectivity index (χ3v) is 4.09. The van der Waals surface area contributed by atoms with Crippen LogP contribution in [0.2, 0.25) is 10.0 Å². The molecule has 7 nitrogen and oxygen atoms in total. The zero-order valence-corrected chi connectivity index (χ0v) is 14.1. The van der Waals surface area contributed by atoms with Gasteiger partial charge in [0.1, 0.15) is 0 Å². The molecule has 124 valence electrons. The van der Waals surface area contributed by atoms with E-state index in [2.05, 4.69) is 20.5 Å². The highest BCUT2D eigenvalue weighted by Crippen LogP contribution is 2.28. The lowest BCUT2D eigenvalue weighted by molar-refractivity contribution is 0.431. The molecule has 0 amide bonds. The van der Waals surface area contributed by atoms with Crippen molar-refractivity contribution in [1.29, 1.82) is 0 Å². The Labute approximate surface area is 152 Å². The van der Waals surface area contributed by atoms with Gasteiger partial charge in [-0.2, -0.15) is 9.67 Å². The van der Waals surface area contributed by atoms with Gasteiger partial charge in [-0.3, -0.25) is 0 Å². The standard InChI is InChI=1S/C16H10Cl2N6O/c17-10-7-5-9(6-8-10)15-20-16(25-22-15)13-14(19)24(23-21-13)12-4-2-1-3-11(12)18/h1-8H,19H2. The quantitative estimate of drug-likeness (QED) is 0.586. The van der Waals surface area contributed by atoms with Crippen LogP contribution in [0, 0.1) is 0 Å². The summed E-state index contributed by atoms with van der Waals surface area (Å²) < 4.78 is 6.69. The first-order valence-corrected chi connectivity index (χ1v) is 7.95. The van der Waals surface area contributed by atoms with Crippen molar-refractivity contribution in [3.05, 3.63) is 58.6 Å². The molecule has 4 rings (SSSR count). The lowest BCUT2D eigenvalue weighted by Gasteiger charge is -2.04. The molecule has 4 aromatic rings. The van der Waals surface area contributed by atoms with Crippen LogP contribution in [0.3, 0.4) is 0 Å². The zero-order valence-electron chi connectivity index (χ0n) is 12.6. The summed E-state index contributed by atoms with van der Waals surface area (Å²) in [5, 5.41) is 13.1. The maximum absolute atomic E-state index is 6.18. The third kappa shape index (κ3) is 2.84. The number of anilines is 1. The zero-order chi connectivity index (χ0) is 17.4. The number of aromatic nitrogens is 5. The van der Waals surface area contributed by atoms with E-state index < -0.39 is 0 Å². The van der Waals surface area contributed by atoms with Crippen LogP contribution in [-0.2, 0) is 0 Å². The molecule has 9 heteroatoms. The highest BCUT2D eigenvalue weighted by molar-refractivity contribution is 6.32. The largest absolute Gasteiger partial charge is 0.382 e. The first kappa shape index (κ1) is 15.6. The van der Waals surface area contributed by atoms with Crippen molar-refractivity contribution in [2.45, 2.75) is 0 Å². The fourth-order valence-corrected chi connectivity index (χ4v) is 2.62. The van der Waals surface area contributed by atoms with Crippen molar-refractivity contribution in [2.75, 3.05) is 5.73 Å². The molecule has 2 heterocycles. The lowest BCUT2D eigenvalue weighted by atomic mass is 10.2. The summed E-state index contributed by atoms with van der Waals surface area (Å²) in [6.45, 7) is 0. The van der Waals surface area contributed by atoms with E-state index in [-0.39, 0.29) is 17.4 Å². The topological polar surface area (TPSA) is 95.7 Å². The van der Waals surface area contributed by atoms with E-state index in [1.807, 2.05) is 12.1 Å². The lowest BCUT2D eigenvalue weighted by Crippen LogP contribution is -2.02. The number of benzene rings is 2. The molecule has 25 heavy (non-hydrogen) atoms. The molecule has 0 spiro atoms. The Morgan fingerprint density at radius 3 is 2.52 bits per heavy atom. The fourth-order valence-electron chi connectivity index (χ4n) is 2.28. The van der Waals surface area contributed by atoms with Crippen molar-refractivity contribution in [3.8, 4) is 28.7 Å². The summed E-state index contributed by atoms with van der Waals surface area (Å²) in [6, 6.07) is 14.2. The van der Waals surface area contributed by atoms with Crippen LogP contribution in [0.4, 0.5) is 5.82 Å². The number of nitrogens with zero attached hydrogens (tertiary/aromatic N) is 5. The summed E-state index contributed by atoms with van der Waals surface area (Å²) >= 11 is 12.1. The molecule has 0 fully saturated rings. The number of hydrogen-bond donors (Lipinski definition) is 1. The smallest absolute Gasteiger partial charge is 0.282 e. The Morgan fingerprint density at radius 1 is 1.00 bits per heavy atom. The Kier molecular flexibility index (Phi) is 3.87. The highest BCUT2D eigenvalue weighted by atomic mass is 35.5. The van der Waals surface area contributed by atoms with Gasteiger partial charge in [-0.05, 0) is 36.4 Å². The summed E-state index contributed by atoms with van der Waals surface area (Å²) in [6.07, 6.45) is 0. The Balaban J connectivity index is 1.72. The van der Waals surface area contributed by atoms with Crippen molar-refractivity contribution in [2.24, 2.45) is 0 Å². The summed E-state index contributed by atoms with van der Waals surface area (Å²) in [5.41, 5.74) is 7.79. The first-order valence-electron chi connectivity index (χ1n) is 7.19. The summed E-state index contributed by atoms with van der Waals surface area (Å²) in [5.74, 6) is 0.818. The monoisotopic (exact) mass is 372 g/mol. The second kappa shape index (κ2) is 6.19. The average Bonchev–Trinajstić information content (AvgIpc) is 3.23. The SMILES string of the molecule is Nc1c(-c2nc(-c3ccc(Cl)cc3)no2)nnn1-c1ccccc1Cl. The van der Waals surface area contributed by atoms with E-state index in [0.29, 0.717) is 21.6 Å². The third-order valence-electron chi connectivity index (χ3n) is 3.52. The number of para-hydroxylation sites is 1. The molecule has 2 aromatic heterocycles. The van der Waals surface area contributed by atoms with E-state index in [1.165, 1.54) is 4.68 Å². The van der Waals surface area contributed by atoms with Gasteiger partial charge in [-0.25, -0.2) is 0 Å². The molecule has 0 unspecified atom stereocenters. The summed E-state index contributed by atoms with van der Waals surface area (Å²) in [4.78, 5) is 4.32. The molecule has 0 saturated carbocycles. The van der Waals surface area contributed by atoms with E-state index in [1.54, 1.807) is 36.4 Å². The predicted molar refractivity (Wildman–Crippen MR) is 94.5 cm³/mol. The molecule has 2 N–H and O–H groups in total. The molecule has 0 aliphatic heterocycles. The van der Waals surface area contributed by atoms with Crippen LogP contribution in [0.1, 0.15) is 0 Å². The van der Waals surface area contributed by atoms with E-state index >= 15 is 0 Å². The van der Waals surface area contributed by atoms with Crippen LogP contribution < -0.4 is 5.73 Å². The second-order valence-corrected chi connectivity index (χ2v) is 5.96. The normalized spacial score (nSPS) is 11.0. The van der Waals surface area contributed by atoms with Crippen LogP contribution >= 0.6 is 23.2 Å². The molecule has 0 aliphatic rings. The van der Waals surface area contributed by atoms with Gasteiger partial charge in [-0.15, -0.1) is 5.10 Å². The van der Waals surface area contributed by atoms with Gasteiger partial charge in [0.25, 0.3) is 5.89 Å². The van der Waals surface area contributed by atoms with Gasteiger partial charge in [0.05, 0.1) is 10.7 Å². The van der Waals surface area contributed by atoms with Gasteiger partial charge in [0, 0.05) is 10.6 Å². The van der Waals surface area contributed by atoms with Crippen molar-refractivity contribution in [3.63, 3.8) is 0 Å². The molecular formula is C16H10Cl2N6O. The Bertz CT molecular complexity index is 1040.